The summed E-state index contributed by atoms with van der Waals surface area (Å²) in [5.74, 6) is 1.31. The highest BCUT2D eigenvalue weighted by molar-refractivity contribution is 5.95. The third-order valence-corrected chi connectivity index (χ3v) is 5.63. The van der Waals surface area contributed by atoms with Crippen molar-refractivity contribution >= 4 is 23.6 Å². The molecule has 0 spiro atoms. The van der Waals surface area contributed by atoms with E-state index < -0.39 is 0 Å². The van der Waals surface area contributed by atoms with Gasteiger partial charge in [-0.05, 0) is 67.7 Å². The van der Waals surface area contributed by atoms with Gasteiger partial charge < -0.3 is 9.64 Å². The monoisotopic (exact) mass is 325 g/mol. The minimum Gasteiger partial charge on any atom is -0.459 e. The van der Waals surface area contributed by atoms with Crippen LogP contribution in [0.5, 0.6) is 0 Å². The smallest absolute Gasteiger partial charge is 0.331 e. The van der Waals surface area contributed by atoms with E-state index in [1.54, 1.807) is 6.08 Å². The number of anilines is 1. The minimum absolute atomic E-state index is 0.129. The number of hydrogen-bond acceptors (Lipinski definition) is 3. The Balaban J connectivity index is 1.33. The molecule has 1 amide bonds. The molecule has 1 aromatic rings. The molecule has 4 nitrogen and oxygen atoms in total. The first-order chi connectivity index (χ1) is 11.7. The number of carbonyl (C=O) groups is 2. The summed E-state index contributed by atoms with van der Waals surface area (Å²) in [6.07, 6.45) is 9.79. The Morgan fingerprint density at radius 2 is 2.00 bits per heavy atom. The van der Waals surface area contributed by atoms with Crippen molar-refractivity contribution in [1.82, 2.24) is 0 Å². The highest BCUT2D eigenvalue weighted by Crippen LogP contribution is 2.45. The fourth-order valence-electron chi connectivity index (χ4n) is 4.37. The molecule has 2 saturated carbocycles. The summed E-state index contributed by atoms with van der Waals surface area (Å²) in [6.45, 7) is 0.796. The molecule has 0 N–H and O–H groups in total. The minimum atomic E-state index is -0.244. The van der Waals surface area contributed by atoms with Gasteiger partial charge in [0.2, 0.25) is 5.91 Å². The first kappa shape index (κ1) is 15.4. The lowest BCUT2D eigenvalue weighted by Crippen LogP contribution is -2.23. The molecular weight excluding hydrogens is 302 g/mol. The van der Waals surface area contributed by atoms with Crippen LogP contribution in [0.4, 0.5) is 5.69 Å². The molecule has 2 aliphatic carbocycles. The van der Waals surface area contributed by atoms with E-state index in [0.717, 1.165) is 36.6 Å². The van der Waals surface area contributed by atoms with Crippen LogP contribution in [0.3, 0.4) is 0 Å². The van der Waals surface area contributed by atoms with Gasteiger partial charge in [0, 0.05) is 24.7 Å². The van der Waals surface area contributed by atoms with Crippen molar-refractivity contribution in [1.29, 1.82) is 0 Å². The SMILES string of the molecule is O=C(/C=C/c1ccc(N2CCCC2=O)cc1)OC1CC2CCC1C2. The lowest BCUT2D eigenvalue weighted by atomic mass is 9.98. The third-order valence-electron chi connectivity index (χ3n) is 5.63. The summed E-state index contributed by atoms with van der Waals surface area (Å²) in [5, 5.41) is 0. The van der Waals surface area contributed by atoms with Crippen molar-refractivity contribution in [3.63, 3.8) is 0 Å². The Bertz CT molecular complexity index is 664. The lowest BCUT2D eigenvalue weighted by Gasteiger charge is -2.21. The van der Waals surface area contributed by atoms with Gasteiger partial charge in [-0.3, -0.25) is 4.79 Å². The fourth-order valence-corrected chi connectivity index (χ4v) is 4.37. The van der Waals surface area contributed by atoms with Crippen molar-refractivity contribution in [2.75, 3.05) is 11.4 Å². The van der Waals surface area contributed by atoms with Gasteiger partial charge in [-0.15, -0.1) is 0 Å². The van der Waals surface area contributed by atoms with E-state index >= 15 is 0 Å². The first-order valence-corrected chi connectivity index (χ1v) is 8.98. The van der Waals surface area contributed by atoms with Crippen molar-refractivity contribution in [3.05, 3.63) is 35.9 Å². The zero-order valence-electron chi connectivity index (χ0n) is 13.8. The average molecular weight is 325 g/mol. The van der Waals surface area contributed by atoms with Gasteiger partial charge in [-0.1, -0.05) is 12.1 Å². The van der Waals surface area contributed by atoms with Gasteiger partial charge in [-0.2, -0.15) is 0 Å². The molecule has 4 rings (SSSR count). The average Bonchev–Trinajstić information content (AvgIpc) is 3.30. The van der Waals surface area contributed by atoms with Crippen LogP contribution >= 0.6 is 0 Å². The number of benzene rings is 1. The van der Waals surface area contributed by atoms with E-state index in [9.17, 15) is 9.59 Å². The Hall–Kier alpha value is -2.10. The Morgan fingerprint density at radius 3 is 2.62 bits per heavy atom. The van der Waals surface area contributed by atoms with E-state index in [1.165, 1.54) is 25.3 Å². The molecule has 1 saturated heterocycles. The summed E-state index contributed by atoms with van der Waals surface area (Å²) in [6, 6.07) is 7.73. The lowest BCUT2D eigenvalue weighted by molar-refractivity contribution is -0.145. The van der Waals surface area contributed by atoms with Crippen molar-refractivity contribution in [3.8, 4) is 0 Å². The fraction of sp³-hybridized carbons (Fsp3) is 0.500. The summed E-state index contributed by atoms with van der Waals surface area (Å²) in [5.41, 5.74) is 1.87. The number of ether oxygens (including phenoxy) is 1. The van der Waals surface area contributed by atoms with Gasteiger partial charge in [-0.25, -0.2) is 4.79 Å². The Morgan fingerprint density at radius 1 is 1.17 bits per heavy atom. The quantitative estimate of drug-likeness (QED) is 0.628. The number of nitrogens with zero attached hydrogens (tertiary/aromatic N) is 1. The summed E-state index contributed by atoms with van der Waals surface area (Å²) >= 11 is 0. The van der Waals surface area contributed by atoms with Crippen LogP contribution < -0.4 is 4.90 Å². The van der Waals surface area contributed by atoms with Gasteiger partial charge in [0.15, 0.2) is 0 Å². The maximum Gasteiger partial charge on any atom is 0.331 e. The highest BCUT2D eigenvalue weighted by atomic mass is 16.5. The van der Waals surface area contributed by atoms with E-state index in [1.807, 2.05) is 29.2 Å². The number of fused-ring (bicyclic) bond motifs is 2. The first-order valence-electron chi connectivity index (χ1n) is 8.98. The normalized spacial score (nSPS) is 28.9. The van der Waals surface area contributed by atoms with Crippen LogP contribution in [-0.2, 0) is 14.3 Å². The molecule has 0 aromatic heterocycles. The topological polar surface area (TPSA) is 46.6 Å². The van der Waals surface area contributed by atoms with E-state index in [2.05, 4.69) is 0 Å². The van der Waals surface area contributed by atoms with Crippen LogP contribution in [0.25, 0.3) is 6.08 Å². The van der Waals surface area contributed by atoms with Crippen LogP contribution in [0.2, 0.25) is 0 Å². The second-order valence-corrected chi connectivity index (χ2v) is 7.22. The number of esters is 1. The number of rotatable bonds is 4. The number of carbonyl (C=O) groups excluding carboxylic acids is 2. The molecule has 0 radical (unpaired) electrons. The molecule has 24 heavy (non-hydrogen) atoms. The van der Waals surface area contributed by atoms with Gasteiger partial charge in [0.25, 0.3) is 0 Å². The summed E-state index contributed by atoms with van der Waals surface area (Å²) in [4.78, 5) is 25.6. The standard InChI is InChI=1S/C20H23NO3/c22-19-2-1-11-21(19)17-8-4-14(5-9-17)6-10-20(23)24-18-13-15-3-7-16(18)12-15/h4-6,8-10,15-16,18H,1-3,7,11-13H2/b10-6+. The van der Waals surface area contributed by atoms with E-state index in [-0.39, 0.29) is 18.0 Å². The van der Waals surface area contributed by atoms with E-state index in [4.69, 9.17) is 4.74 Å². The highest BCUT2D eigenvalue weighted by Gasteiger charge is 2.41. The molecule has 4 heteroatoms. The van der Waals surface area contributed by atoms with Gasteiger partial charge >= 0.3 is 5.97 Å². The number of hydrogen-bond donors (Lipinski definition) is 0. The van der Waals surface area contributed by atoms with Gasteiger partial charge in [0.05, 0.1) is 0 Å². The van der Waals surface area contributed by atoms with Crippen LogP contribution in [0, 0.1) is 11.8 Å². The van der Waals surface area contributed by atoms with Crippen molar-refractivity contribution in [2.45, 2.75) is 44.6 Å². The molecule has 3 unspecified atom stereocenters. The number of amides is 1. The Labute approximate surface area is 142 Å². The molecule has 3 fully saturated rings. The van der Waals surface area contributed by atoms with Gasteiger partial charge in [0.1, 0.15) is 6.10 Å². The van der Waals surface area contributed by atoms with Crippen LogP contribution in [0.1, 0.15) is 44.1 Å². The second-order valence-electron chi connectivity index (χ2n) is 7.22. The third kappa shape index (κ3) is 3.10. The van der Waals surface area contributed by atoms with Crippen molar-refractivity contribution in [2.24, 2.45) is 11.8 Å². The largest absolute Gasteiger partial charge is 0.459 e. The van der Waals surface area contributed by atoms with Crippen molar-refractivity contribution < 1.29 is 14.3 Å². The molecule has 1 aliphatic heterocycles. The molecule has 1 heterocycles. The predicted octanol–water partition coefficient (Wildman–Crippen LogP) is 3.56. The zero-order valence-corrected chi connectivity index (χ0v) is 13.8. The van der Waals surface area contributed by atoms with Crippen LogP contribution in [-0.4, -0.2) is 24.5 Å². The van der Waals surface area contributed by atoms with E-state index in [0.29, 0.717) is 12.3 Å². The predicted molar refractivity (Wildman–Crippen MR) is 92.4 cm³/mol. The summed E-state index contributed by atoms with van der Waals surface area (Å²) < 4.78 is 5.61. The van der Waals surface area contributed by atoms with Crippen LogP contribution in [0.15, 0.2) is 30.3 Å². The molecular formula is C20H23NO3. The molecule has 126 valence electrons. The summed E-state index contributed by atoms with van der Waals surface area (Å²) in [7, 11) is 0. The Kier molecular flexibility index (Phi) is 4.13. The molecule has 3 atom stereocenters. The molecule has 1 aromatic carbocycles. The molecule has 3 aliphatic rings. The second kappa shape index (κ2) is 6.42. The maximum atomic E-state index is 12.0. The zero-order chi connectivity index (χ0) is 16.5. The maximum absolute atomic E-state index is 12.0. The molecule has 2 bridgehead atoms.